The van der Waals surface area contributed by atoms with Crippen molar-refractivity contribution >= 4 is 22.9 Å². The smallest absolute Gasteiger partial charge is 0.145 e. The SMILES string of the molecule is CNCc1sc(Cc2cccc(Cl)c2F)nc1C1CC1. The molecule has 0 atom stereocenters. The number of nitrogens with one attached hydrogen (secondary N) is 1. The molecule has 106 valence electrons. The van der Waals surface area contributed by atoms with Crippen LogP contribution in [0.5, 0.6) is 0 Å². The summed E-state index contributed by atoms with van der Waals surface area (Å²) in [5, 5.41) is 4.33. The van der Waals surface area contributed by atoms with Gasteiger partial charge in [-0.15, -0.1) is 11.3 Å². The van der Waals surface area contributed by atoms with E-state index in [4.69, 9.17) is 16.6 Å². The van der Waals surface area contributed by atoms with Crippen LogP contribution in [0, 0.1) is 5.82 Å². The third kappa shape index (κ3) is 2.87. The summed E-state index contributed by atoms with van der Waals surface area (Å²) in [6.07, 6.45) is 2.97. The highest BCUT2D eigenvalue weighted by atomic mass is 35.5. The molecule has 1 aromatic heterocycles. The van der Waals surface area contributed by atoms with Crippen LogP contribution < -0.4 is 5.32 Å². The molecule has 0 saturated heterocycles. The molecule has 20 heavy (non-hydrogen) atoms. The van der Waals surface area contributed by atoms with E-state index in [-0.39, 0.29) is 10.8 Å². The Balaban J connectivity index is 1.87. The molecule has 1 aromatic carbocycles. The molecule has 0 unspecified atom stereocenters. The Morgan fingerprint density at radius 3 is 2.95 bits per heavy atom. The fraction of sp³-hybridized carbons (Fsp3) is 0.400. The minimum Gasteiger partial charge on any atom is -0.315 e. The van der Waals surface area contributed by atoms with Gasteiger partial charge in [0.25, 0.3) is 0 Å². The second kappa shape index (κ2) is 5.80. The number of benzene rings is 1. The quantitative estimate of drug-likeness (QED) is 0.898. The van der Waals surface area contributed by atoms with Crippen LogP contribution in [0.1, 0.15) is 39.9 Å². The standard InChI is InChI=1S/C15H16ClFN2S/c1-18-8-12-15(9-5-6-9)19-13(20-12)7-10-3-2-4-11(16)14(10)17/h2-4,9,18H,5-8H2,1H3. The van der Waals surface area contributed by atoms with Gasteiger partial charge < -0.3 is 5.32 Å². The maximum atomic E-state index is 13.9. The van der Waals surface area contributed by atoms with Crippen molar-refractivity contribution < 1.29 is 4.39 Å². The Morgan fingerprint density at radius 2 is 2.25 bits per heavy atom. The Hall–Kier alpha value is -0.970. The summed E-state index contributed by atoms with van der Waals surface area (Å²) < 4.78 is 13.9. The molecule has 3 rings (SSSR count). The van der Waals surface area contributed by atoms with Gasteiger partial charge in [0.2, 0.25) is 0 Å². The monoisotopic (exact) mass is 310 g/mol. The average Bonchev–Trinajstić information content (AvgIpc) is 3.19. The van der Waals surface area contributed by atoms with Crippen molar-refractivity contribution in [3.63, 3.8) is 0 Å². The molecule has 2 nitrogen and oxygen atoms in total. The summed E-state index contributed by atoms with van der Waals surface area (Å²) >= 11 is 7.50. The van der Waals surface area contributed by atoms with Crippen molar-refractivity contribution in [2.24, 2.45) is 0 Å². The van der Waals surface area contributed by atoms with E-state index in [1.807, 2.05) is 7.05 Å². The first-order chi connectivity index (χ1) is 9.69. The van der Waals surface area contributed by atoms with Crippen molar-refractivity contribution in [1.29, 1.82) is 0 Å². The molecule has 2 aromatic rings. The predicted molar refractivity (Wildman–Crippen MR) is 81.1 cm³/mol. The summed E-state index contributed by atoms with van der Waals surface area (Å²) in [6.45, 7) is 0.835. The molecule has 1 fully saturated rings. The van der Waals surface area contributed by atoms with Gasteiger partial charge in [-0.25, -0.2) is 9.37 Å². The lowest BCUT2D eigenvalue weighted by molar-refractivity contribution is 0.614. The number of thiazole rings is 1. The number of nitrogens with zero attached hydrogens (tertiary/aromatic N) is 1. The summed E-state index contributed by atoms with van der Waals surface area (Å²) in [5.74, 6) is 0.292. The molecule has 1 saturated carbocycles. The molecule has 0 aliphatic heterocycles. The molecular formula is C15H16ClFN2S. The first kappa shape index (κ1) is 14.0. The summed E-state index contributed by atoms with van der Waals surface area (Å²) in [4.78, 5) is 6.01. The number of hydrogen-bond donors (Lipinski definition) is 1. The van der Waals surface area contributed by atoms with Crippen LogP contribution in [0.2, 0.25) is 5.02 Å². The van der Waals surface area contributed by atoms with Gasteiger partial charge in [-0.3, -0.25) is 0 Å². The molecule has 0 spiro atoms. The molecule has 1 N–H and O–H groups in total. The van der Waals surface area contributed by atoms with Gasteiger partial charge in [0.1, 0.15) is 5.82 Å². The zero-order valence-electron chi connectivity index (χ0n) is 11.2. The van der Waals surface area contributed by atoms with E-state index in [0.717, 1.165) is 11.6 Å². The minimum atomic E-state index is -0.326. The maximum Gasteiger partial charge on any atom is 0.145 e. The van der Waals surface area contributed by atoms with E-state index >= 15 is 0 Å². The van der Waals surface area contributed by atoms with Crippen LogP contribution in [-0.2, 0) is 13.0 Å². The topological polar surface area (TPSA) is 24.9 Å². The van der Waals surface area contributed by atoms with Gasteiger partial charge in [-0.2, -0.15) is 0 Å². The van der Waals surface area contributed by atoms with Gasteiger partial charge >= 0.3 is 0 Å². The number of hydrogen-bond acceptors (Lipinski definition) is 3. The molecular weight excluding hydrogens is 295 g/mol. The van der Waals surface area contributed by atoms with Crippen molar-refractivity contribution in [2.45, 2.75) is 31.7 Å². The lowest BCUT2D eigenvalue weighted by atomic mass is 10.1. The number of halogens is 2. The average molecular weight is 311 g/mol. The third-order valence-corrected chi connectivity index (χ3v) is 4.81. The van der Waals surface area contributed by atoms with E-state index in [1.165, 1.54) is 23.4 Å². The van der Waals surface area contributed by atoms with Crippen LogP contribution in [-0.4, -0.2) is 12.0 Å². The van der Waals surface area contributed by atoms with Crippen molar-refractivity contribution in [1.82, 2.24) is 10.3 Å². The first-order valence-electron chi connectivity index (χ1n) is 6.75. The van der Waals surface area contributed by atoms with Crippen LogP contribution in [0.15, 0.2) is 18.2 Å². The molecule has 1 heterocycles. The second-order valence-corrected chi connectivity index (χ2v) is 6.69. The highest BCUT2D eigenvalue weighted by Crippen LogP contribution is 2.43. The molecule has 5 heteroatoms. The maximum absolute atomic E-state index is 13.9. The normalized spacial score (nSPS) is 14.8. The van der Waals surface area contributed by atoms with Crippen LogP contribution in [0.25, 0.3) is 0 Å². The van der Waals surface area contributed by atoms with Gasteiger partial charge in [0.05, 0.1) is 15.7 Å². The number of rotatable bonds is 5. The minimum absolute atomic E-state index is 0.178. The summed E-state index contributed by atoms with van der Waals surface area (Å²) in [5.41, 5.74) is 1.83. The Kier molecular flexibility index (Phi) is 4.06. The fourth-order valence-corrected chi connectivity index (χ4v) is 3.68. The third-order valence-electron chi connectivity index (χ3n) is 3.45. The van der Waals surface area contributed by atoms with E-state index in [9.17, 15) is 4.39 Å². The van der Waals surface area contributed by atoms with Crippen LogP contribution >= 0.6 is 22.9 Å². The first-order valence-corrected chi connectivity index (χ1v) is 7.94. The van der Waals surface area contributed by atoms with Crippen LogP contribution in [0.3, 0.4) is 0 Å². The molecule has 0 bridgehead atoms. The van der Waals surface area contributed by atoms with E-state index < -0.39 is 0 Å². The van der Waals surface area contributed by atoms with Crippen molar-refractivity contribution in [2.75, 3.05) is 7.05 Å². The Bertz CT molecular complexity index is 622. The van der Waals surface area contributed by atoms with Crippen molar-refractivity contribution in [3.05, 3.63) is 50.2 Å². The van der Waals surface area contributed by atoms with Gasteiger partial charge in [-0.1, -0.05) is 23.7 Å². The Labute approximate surface area is 127 Å². The lowest BCUT2D eigenvalue weighted by Crippen LogP contribution is -2.05. The fourth-order valence-electron chi connectivity index (χ4n) is 2.30. The van der Waals surface area contributed by atoms with Crippen LogP contribution in [0.4, 0.5) is 4.39 Å². The highest BCUT2D eigenvalue weighted by Gasteiger charge is 2.29. The van der Waals surface area contributed by atoms with E-state index in [1.54, 1.807) is 29.5 Å². The van der Waals surface area contributed by atoms with E-state index in [2.05, 4.69) is 5.32 Å². The number of aromatic nitrogens is 1. The second-order valence-electron chi connectivity index (χ2n) is 5.11. The lowest BCUT2D eigenvalue weighted by Gasteiger charge is -2.01. The summed E-state index contributed by atoms with van der Waals surface area (Å²) in [7, 11) is 1.94. The highest BCUT2D eigenvalue weighted by molar-refractivity contribution is 7.11. The van der Waals surface area contributed by atoms with Gasteiger partial charge in [0.15, 0.2) is 0 Å². The van der Waals surface area contributed by atoms with Gasteiger partial charge in [-0.05, 0) is 31.5 Å². The molecule has 1 aliphatic rings. The van der Waals surface area contributed by atoms with Gasteiger partial charge in [0, 0.05) is 23.8 Å². The largest absolute Gasteiger partial charge is 0.315 e. The summed E-state index contributed by atoms with van der Waals surface area (Å²) in [6, 6.07) is 5.13. The molecule has 1 aliphatic carbocycles. The van der Waals surface area contributed by atoms with E-state index in [0.29, 0.717) is 17.9 Å². The Morgan fingerprint density at radius 1 is 1.45 bits per heavy atom. The zero-order valence-corrected chi connectivity index (χ0v) is 12.8. The zero-order chi connectivity index (χ0) is 14.1. The van der Waals surface area contributed by atoms with Crippen molar-refractivity contribution in [3.8, 4) is 0 Å². The molecule has 0 radical (unpaired) electrons. The molecule has 0 amide bonds. The predicted octanol–water partition coefficient (Wildman–Crippen LogP) is 4.12.